The Labute approximate surface area is 141 Å². The lowest BCUT2D eigenvalue weighted by Gasteiger charge is -2.21. The number of carboxylic acid groups (broad SMARTS) is 1. The molecule has 0 bridgehead atoms. The fraction of sp³-hybridized carbons (Fsp3) is 0.529. The monoisotopic (exact) mass is 339 g/mol. The number of hydrogen-bond acceptors (Lipinski definition) is 6. The number of carboxylic acids is 1. The van der Waals surface area contributed by atoms with Gasteiger partial charge in [0.05, 0.1) is 20.6 Å². The fourth-order valence-corrected chi connectivity index (χ4v) is 2.03. The Morgan fingerprint density at radius 2 is 1.88 bits per heavy atom. The summed E-state index contributed by atoms with van der Waals surface area (Å²) in [6.07, 6.45) is -0.259. The van der Waals surface area contributed by atoms with Gasteiger partial charge in [0.2, 0.25) is 0 Å². The van der Waals surface area contributed by atoms with Crippen LogP contribution in [0.4, 0.5) is 0 Å². The Bertz CT molecular complexity index is 579. The lowest BCUT2D eigenvalue weighted by Crippen LogP contribution is -2.39. The van der Waals surface area contributed by atoms with Crippen molar-refractivity contribution >= 4 is 11.9 Å². The minimum absolute atomic E-state index is 0.229. The Hall–Kier alpha value is -2.28. The lowest BCUT2D eigenvalue weighted by atomic mass is 10.1. The third-order valence-electron chi connectivity index (χ3n) is 3.12. The van der Waals surface area contributed by atoms with Gasteiger partial charge in [-0.2, -0.15) is 0 Å². The molecule has 0 amide bonds. The van der Waals surface area contributed by atoms with E-state index in [-0.39, 0.29) is 13.0 Å². The van der Waals surface area contributed by atoms with E-state index in [4.69, 9.17) is 14.2 Å². The summed E-state index contributed by atoms with van der Waals surface area (Å²) in [6.45, 7) is 5.43. The lowest BCUT2D eigenvalue weighted by molar-refractivity contribution is -0.158. The van der Waals surface area contributed by atoms with E-state index in [1.54, 1.807) is 46.1 Å². The Balaban J connectivity index is 2.74. The summed E-state index contributed by atoms with van der Waals surface area (Å²) < 4.78 is 15.5. The van der Waals surface area contributed by atoms with E-state index in [0.717, 1.165) is 5.56 Å². The van der Waals surface area contributed by atoms with E-state index in [0.29, 0.717) is 11.5 Å². The van der Waals surface area contributed by atoms with Gasteiger partial charge in [-0.3, -0.25) is 14.9 Å². The molecule has 7 nitrogen and oxygen atoms in total. The zero-order valence-corrected chi connectivity index (χ0v) is 14.7. The van der Waals surface area contributed by atoms with Crippen molar-refractivity contribution in [3.05, 3.63) is 23.8 Å². The number of carbonyl (C=O) groups is 2. The Morgan fingerprint density at radius 1 is 1.21 bits per heavy atom. The highest BCUT2D eigenvalue weighted by Crippen LogP contribution is 2.24. The normalized spacial score (nSPS) is 12.4. The third-order valence-corrected chi connectivity index (χ3v) is 3.12. The van der Waals surface area contributed by atoms with Crippen LogP contribution < -0.4 is 14.8 Å². The van der Waals surface area contributed by atoms with Crippen molar-refractivity contribution in [3.63, 3.8) is 0 Å². The van der Waals surface area contributed by atoms with Crippen LogP contribution in [-0.2, 0) is 20.9 Å². The first-order chi connectivity index (χ1) is 11.2. The maximum absolute atomic E-state index is 11.8. The number of esters is 1. The van der Waals surface area contributed by atoms with Gasteiger partial charge in [0.25, 0.3) is 0 Å². The molecule has 0 heterocycles. The molecule has 2 N–H and O–H groups in total. The second-order valence-electron chi connectivity index (χ2n) is 6.24. The molecule has 1 aromatic rings. The molecule has 1 rings (SSSR count). The van der Waals surface area contributed by atoms with E-state index >= 15 is 0 Å². The van der Waals surface area contributed by atoms with Crippen molar-refractivity contribution in [3.8, 4) is 11.5 Å². The standard InChI is InChI=1S/C17H25NO6/c1-17(2,3)24-15(19)9-13(16(20)21)18-10-11-6-7-12(22-4)8-14(11)23-5/h6-8,13,18H,9-10H2,1-5H3,(H,20,21)/t13-/m0/s1. The molecule has 0 aliphatic rings. The molecule has 0 aromatic heterocycles. The number of benzene rings is 1. The third kappa shape index (κ3) is 6.45. The molecule has 1 aromatic carbocycles. The van der Waals surface area contributed by atoms with Crippen LogP contribution >= 0.6 is 0 Å². The molecule has 0 aliphatic heterocycles. The maximum Gasteiger partial charge on any atom is 0.321 e. The van der Waals surface area contributed by atoms with Gasteiger partial charge < -0.3 is 19.3 Å². The highest BCUT2D eigenvalue weighted by molar-refractivity contribution is 5.81. The van der Waals surface area contributed by atoms with Gasteiger partial charge in [-0.1, -0.05) is 6.07 Å². The summed E-state index contributed by atoms with van der Waals surface area (Å²) in [6, 6.07) is 4.19. The first-order valence-corrected chi connectivity index (χ1v) is 7.55. The van der Waals surface area contributed by atoms with E-state index in [9.17, 15) is 14.7 Å². The minimum atomic E-state index is -1.12. The topological polar surface area (TPSA) is 94.1 Å². The molecule has 1 atom stereocenters. The van der Waals surface area contributed by atoms with Gasteiger partial charge in [-0.15, -0.1) is 0 Å². The Kier molecular flexibility index (Phi) is 7.03. The van der Waals surface area contributed by atoms with Gasteiger partial charge in [0, 0.05) is 18.2 Å². The summed E-state index contributed by atoms with van der Waals surface area (Å²) in [5.74, 6) is -0.472. The first kappa shape index (κ1) is 19.8. The number of rotatable bonds is 8. The molecular formula is C17H25NO6. The summed E-state index contributed by atoms with van der Waals surface area (Å²) in [4.78, 5) is 23.2. The highest BCUT2D eigenvalue weighted by Gasteiger charge is 2.25. The van der Waals surface area contributed by atoms with E-state index in [1.165, 1.54) is 7.11 Å². The molecule has 7 heteroatoms. The van der Waals surface area contributed by atoms with Crippen molar-refractivity contribution in [2.75, 3.05) is 14.2 Å². The maximum atomic E-state index is 11.8. The van der Waals surface area contributed by atoms with Gasteiger partial charge in [0.1, 0.15) is 23.1 Å². The van der Waals surface area contributed by atoms with E-state index in [2.05, 4.69) is 5.32 Å². The quantitative estimate of drug-likeness (QED) is 0.699. The summed E-state index contributed by atoms with van der Waals surface area (Å²) in [5.41, 5.74) is 0.105. The predicted octanol–water partition coefficient (Wildman–Crippen LogP) is 1.98. The van der Waals surface area contributed by atoms with Crippen LogP contribution in [0.25, 0.3) is 0 Å². The summed E-state index contributed by atoms with van der Waals surface area (Å²) >= 11 is 0. The molecule has 134 valence electrons. The number of carbonyl (C=O) groups excluding carboxylic acids is 1. The molecule has 0 saturated heterocycles. The summed E-state index contributed by atoms with van der Waals surface area (Å²) in [7, 11) is 3.07. The van der Waals surface area contributed by atoms with Crippen molar-refractivity contribution < 1.29 is 28.9 Å². The smallest absolute Gasteiger partial charge is 0.321 e. The number of hydrogen-bond donors (Lipinski definition) is 2. The largest absolute Gasteiger partial charge is 0.497 e. The number of nitrogens with one attached hydrogen (secondary N) is 1. The minimum Gasteiger partial charge on any atom is -0.497 e. The molecular weight excluding hydrogens is 314 g/mol. The molecule has 0 fully saturated rings. The van der Waals surface area contributed by atoms with Gasteiger partial charge >= 0.3 is 11.9 Å². The van der Waals surface area contributed by atoms with Crippen molar-refractivity contribution in [2.24, 2.45) is 0 Å². The van der Waals surface area contributed by atoms with Crippen LogP contribution in [0, 0.1) is 0 Å². The van der Waals surface area contributed by atoms with Crippen LogP contribution in [0.15, 0.2) is 18.2 Å². The number of aliphatic carboxylic acids is 1. The zero-order chi connectivity index (χ0) is 18.3. The van der Waals surface area contributed by atoms with Crippen molar-refractivity contribution in [2.45, 2.75) is 45.4 Å². The average molecular weight is 339 g/mol. The number of ether oxygens (including phenoxy) is 3. The van der Waals surface area contributed by atoms with E-state index in [1.807, 2.05) is 0 Å². The van der Waals surface area contributed by atoms with Crippen LogP contribution in [-0.4, -0.2) is 42.9 Å². The molecule has 0 spiro atoms. The van der Waals surface area contributed by atoms with Gasteiger partial charge in [-0.05, 0) is 26.8 Å². The first-order valence-electron chi connectivity index (χ1n) is 7.55. The number of methoxy groups -OCH3 is 2. The molecule has 0 radical (unpaired) electrons. The van der Waals surface area contributed by atoms with Crippen LogP contribution in [0.5, 0.6) is 11.5 Å². The second-order valence-corrected chi connectivity index (χ2v) is 6.24. The summed E-state index contributed by atoms with van der Waals surface area (Å²) in [5, 5.41) is 12.1. The van der Waals surface area contributed by atoms with Gasteiger partial charge in [-0.25, -0.2) is 0 Å². The highest BCUT2D eigenvalue weighted by atomic mass is 16.6. The SMILES string of the molecule is COc1ccc(CN[C@@H](CC(=O)OC(C)(C)C)C(=O)O)c(OC)c1. The molecule has 0 saturated carbocycles. The van der Waals surface area contributed by atoms with E-state index < -0.39 is 23.6 Å². The molecule has 0 aliphatic carbocycles. The average Bonchev–Trinajstić information content (AvgIpc) is 2.49. The second kappa shape index (κ2) is 8.54. The predicted molar refractivity (Wildman–Crippen MR) is 88.3 cm³/mol. The fourth-order valence-electron chi connectivity index (χ4n) is 2.03. The van der Waals surface area contributed by atoms with Gasteiger partial charge in [0.15, 0.2) is 0 Å². The molecule has 0 unspecified atom stereocenters. The van der Waals surface area contributed by atoms with Crippen LogP contribution in [0.1, 0.15) is 32.8 Å². The van der Waals surface area contributed by atoms with Crippen LogP contribution in [0.3, 0.4) is 0 Å². The van der Waals surface area contributed by atoms with Crippen molar-refractivity contribution in [1.82, 2.24) is 5.32 Å². The molecule has 24 heavy (non-hydrogen) atoms. The Morgan fingerprint density at radius 3 is 2.38 bits per heavy atom. The zero-order valence-electron chi connectivity index (χ0n) is 14.7. The van der Waals surface area contributed by atoms with Crippen LogP contribution in [0.2, 0.25) is 0 Å². The van der Waals surface area contributed by atoms with Crippen molar-refractivity contribution in [1.29, 1.82) is 0 Å².